The van der Waals surface area contributed by atoms with Crippen LogP contribution in [0.25, 0.3) is 0 Å². The Labute approximate surface area is 79.7 Å². The maximum Gasteiger partial charge on any atom is 0.128 e. The number of hydrogen-bond donors (Lipinski definition) is 0. The summed E-state index contributed by atoms with van der Waals surface area (Å²) >= 11 is 7.98. The average molecular weight is 277 g/mol. The Morgan fingerprint density at radius 1 is 1.50 bits per heavy atom. The molecule has 0 bridgehead atoms. The first-order valence-electron chi connectivity index (χ1n) is 3.55. The third kappa shape index (κ3) is 1.76. The second kappa shape index (κ2) is 3.57. The first kappa shape index (κ1) is 9.04. The Balaban J connectivity index is 2.52. The monoisotopic (exact) mass is 276 g/mol. The second-order valence-corrected chi connectivity index (χ2v) is 5.06. The van der Waals surface area contributed by atoms with E-state index in [1.165, 1.54) is 0 Å². The summed E-state index contributed by atoms with van der Waals surface area (Å²) in [6, 6.07) is 0. The molecular weight excluding hydrogens is 265 g/mol. The van der Waals surface area contributed by atoms with Crippen LogP contribution < -0.4 is 0 Å². The number of hydrogen-bond acceptors (Lipinski definition) is 0. The summed E-state index contributed by atoms with van der Waals surface area (Å²) < 4.78 is 13.2. The average Bonchev–Trinajstić information content (AvgIpc) is 1.93. The molecule has 1 saturated carbocycles. The topological polar surface area (TPSA) is 0 Å². The highest BCUT2D eigenvalue weighted by Gasteiger charge is 2.34. The standard InChI is InChI=1S/C7H11ClFI/c1-4-2-3-5(10)7(9)6(4)8/h4-7H,2-3H2,1H3. The molecule has 4 unspecified atom stereocenters. The van der Waals surface area contributed by atoms with Gasteiger partial charge in [0.1, 0.15) is 6.17 Å². The molecule has 0 radical (unpaired) electrons. The van der Waals surface area contributed by atoms with Crippen LogP contribution in [0.2, 0.25) is 0 Å². The largest absolute Gasteiger partial charge is 0.245 e. The van der Waals surface area contributed by atoms with Crippen molar-refractivity contribution in [3.05, 3.63) is 0 Å². The van der Waals surface area contributed by atoms with Crippen LogP contribution in [0, 0.1) is 5.92 Å². The van der Waals surface area contributed by atoms with Gasteiger partial charge in [0.25, 0.3) is 0 Å². The van der Waals surface area contributed by atoms with Gasteiger partial charge in [-0.25, -0.2) is 4.39 Å². The van der Waals surface area contributed by atoms with Crippen molar-refractivity contribution in [2.45, 2.75) is 35.2 Å². The van der Waals surface area contributed by atoms with Gasteiger partial charge in [-0.1, -0.05) is 29.5 Å². The first-order valence-corrected chi connectivity index (χ1v) is 5.23. The molecule has 1 fully saturated rings. The molecule has 0 aromatic rings. The van der Waals surface area contributed by atoms with Crippen LogP contribution in [-0.4, -0.2) is 15.5 Å². The SMILES string of the molecule is CC1CCC(I)C(F)C1Cl. The molecule has 0 nitrogen and oxygen atoms in total. The van der Waals surface area contributed by atoms with Gasteiger partial charge in [0.15, 0.2) is 0 Å². The van der Waals surface area contributed by atoms with Crippen molar-refractivity contribution in [1.82, 2.24) is 0 Å². The van der Waals surface area contributed by atoms with Gasteiger partial charge in [0, 0.05) is 3.92 Å². The van der Waals surface area contributed by atoms with Gasteiger partial charge in [-0.15, -0.1) is 11.6 Å². The Kier molecular flexibility index (Phi) is 3.22. The van der Waals surface area contributed by atoms with Crippen molar-refractivity contribution in [3.8, 4) is 0 Å². The van der Waals surface area contributed by atoms with Crippen LogP contribution >= 0.6 is 34.2 Å². The molecule has 4 atom stereocenters. The first-order chi connectivity index (χ1) is 4.63. The molecule has 0 heterocycles. The minimum Gasteiger partial charge on any atom is -0.245 e. The maximum atomic E-state index is 13.1. The molecule has 0 N–H and O–H groups in total. The van der Waals surface area contributed by atoms with E-state index >= 15 is 0 Å². The van der Waals surface area contributed by atoms with Crippen LogP contribution in [0.4, 0.5) is 4.39 Å². The van der Waals surface area contributed by atoms with Crippen molar-refractivity contribution in [1.29, 1.82) is 0 Å². The van der Waals surface area contributed by atoms with Crippen LogP contribution in [0.3, 0.4) is 0 Å². The summed E-state index contributed by atoms with van der Waals surface area (Å²) in [6.45, 7) is 2.02. The lowest BCUT2D eigenvalue weighted by Crippen LogP contribution is -2.36. The summed E-state index contributed by atoms with van der Waals surface area (Å²) in [7, 11) is 0. The van der Waals surface area contributed by atoms with E-state index < -0.39 is 6.17 Å². The molecule has 0 amide bonds. The fourth-order valence-electron chi connectivity index (χ4n) is 1.25. The summed E-state index contributed by atoms with van der Waals surface area (Å²) in [6.07, 6.45) is 1.25. The highest BCUT2D eigenvalue weighted by atomic mass is 127. The van der Waals surface area contributed by atoms with Gasteiger partial charge in [-0.05, 0) is 18.8 Å². The molecule has 1 aliphatic rings. The van der Waals surface area contributed by atoms with E-state index in [1.54, 1.807) is 0 Å². The fraction of sp³-hybridized carbons (Fsp3) is 1.00. The van der Waals surface area contributed by atoms with Crippen LogP contribution in [-0.2, 0) is 0 Å². The molecule has 0 aliphatic heterocycles. The summed E-state index contributed by atoms with van der Waals surface area (Å²) in [5, 5.41) is -0.254. The lowest BCUT2D eigenvalue weighted by Gasteiger charge is -2.30. The van der Waals surface area contributed by atoms with Gasteiger partial charge < -0.3 is 0 Å². The predicted octanol–water partition coefficient (Wildman–Crippen LogP) is 3.17. The lowest BCUT2D eigenvalue weighted by molar-refractivity contribution is 0.229. The van der Waals surface area contributed by atoms with E-state index in [4.69, 9.17) is 11.6 Å². The van der Waals surface area contributed by atoms with Crippen molar-refractivity contribution in [2.24, 2.45) is 5.92 Å². The van der Waals surface area contributed by atoms with E-state index in [-0.39, 0.29) is 9.30 Å². The van der Waals surface area contributed by atoms with Crippen molar-refractivity contribution in [2.75, 3.05) is 0 Å². The van der Waals surface area contributed by atoms with Gasteiger partial charge in [-0.2, -0.15) is 0 Å². The van der Waals surface area contributed by atoms with E-state index in [0.717, 1.165) is 12.8 Å². The van der Waals surface area contributed by atoms with Crippen molar-refractivity contribution < 1.29 is 4.39 Å². The number of alkyl halides is 3. The zero-order chi connectivity index (χ0) is 7.72. The molecule has 10 heavy (non-hydrogen) atoms. The zero-order valence-corrected chi connectivity index (χ0v) is 8.77. The summed E-state index contributed by atoms with van der Waals surface area (Å²) in [5.41, 5.74) is 0. The molecule has 0 saturated heterocycles. The number of halogens is 3. The van der Waals surface area contributed by atoms with Crippen LogP contribution in [0.5, 0.6) is 0 Å². The highest BCUT2D eigenvalue weighted by Crippen LogP contribution is 2.34. The van der Waals surface area contributed by atoms with Crippen LogP contribution in [0.15, 0.2) is 0 Å². The fourth-order valence-corrected chi connectivity index (χ4v) is 2.61. The van der Waals surface area contributed by atoms with E-state index in [2.05, 4.69) is 22.6 Å². The minimum absolute atomic E-state index is 0.135. The normalized spacial score (nSPS) is 49.2. The summed E-state index contributed by atoms with van der Waals surface area (Å²) in [5.74, 6) is 0.350. The molecular formula is C7H11ClFI. The third-order valence-corrected chi connectivity index (χ3v) is 4.07. The van der Waals surface area contributed by atoms with E-state index in [9.17, 15) is 4.39 Å². The molecule has 0 spiro atoms. The third-order valence-electron chi connectivity index (χ3n) is 2.09. The van der Waals surface area contributed by atoms with Gasteiger partial charge in [0.2, 0.25) is 0 Å². The minimum atomic E-state index is -0.800. The van der Waals surface area contributed by atoms with Crippen LogP contribution in [0.1, 0.15) is 19.8 Å². The Morgan fingerprint density at radius 2 is 2.10 bits per heavy atom. The zero-order valence-electron chi connectivity index (χ0n) is 5.86. The van der Waals surface area contributed by atoms with E-state index in [1.807, 2.05) is 6.92 Å². The lowest BCUT2D eigenvalue weighted by atomic mass is 9.89. The quantitative estimate of drug-likeness (QED) is 0.471. The highest BCUT2D eigenvalue weighted by molar-refractivity contribution is 14.1. The van der Waals surface area contributed by atoms with Gasteiger partial charge in [0.05, 0.1) is 5.38 Å². The molecule has 1 aliphatic carbocycles. The molecule has 0 aromatic heterocycles. The Hall–Kier alpha value is 0.950. The number of rotatable bonds is 0. The second-order valence-electron chi connectivity index (χ2n) is 2.96. The predicted molar refractivity (Wildman–Crippen MR) is 50.7 cm³/mol. The Bertz CT molecular complexity index is 106. The molecule has 3 heteroatoms. The smallest absolute Gasteiger partial charge is 0.128 e. The Morgan fingerprint density at radius 3 is 2.60 bits per heavy atom. The van der Waals surface area contributed by atoms with E-state index in [0.29, 0.717) is 5.92 Å². The molecule has 0 aromatic carbocycles. The van der Waals surface area contributed by atoms with Gasteiger partial charge >= 0.3 is 0 Å². The van der Waals surface area contributed by atoms with Crippen molar-refractivity contribution >= 4 is 34.2 Å². The molecule has 1 rings (SSSR count). The van der Waals surface area contributed by atoms with Crippen molar-refractivity contribution in [3.63, 3.8) is 0 Å². The molecule has 60 valence electrons. The summed E-state index contributed by atoms with van der Waals surface area (Å²) in [4.78, 5) is 0. The maximum absolute atomic E-state index is 13.1. The van der Waals surface area contributed by atoms with Gasteiger partial charge in [-0.3, -0.25) is 0 Å².